The summed E-state index contributed by atoms with van der Waals surface area (Å²) in [5, 5.41) is 0. The number of nitrogens with zero attached hydrogens (tertiary/aromatic N) is 1. The van der Waals surface area contributed by atoms with Crippen molar-refractivity contribution in [3.8, 4) is 0 Å². The van der Waals surface area contributed by atoms with Crippen LogP contribution in [0.2, 0.25) is 0 Å². The van der Waals surface area contributed by atoms with Crippen molar-refractivity contribution in [2.24, 2.45) is 0 Å². The zero-order valence-electron chi connectivity index (χ0n) is 5.17. The van der Waals surface area contributed by atoms with Gasteiger partial charge in [-0.2, -0.15) is 25.3 Å². The van der Waals surface area contributed by atoms with Crippen LogP contribution in [0, 0.1) is 0 Å². The molecule has 3 heteroatoms. The third kappa shape index (κ3) is 4.81. The zero-order valence-corrected chi connectivity index (χ0v) is 6.96. The molecule has 0 aromatic heterocycles. The molecule has 0 N–H and O–H groups in total. The molecule has 0 heterocycles. The molecular weight excluding hydrogens is 138 g/mol. The van der Waals surface area contributed by atoms with Gasteiger partial charge in [-0.3, -0.25) is 0 Å². The highest BCUT2D eigenvalue weighted by atomic mass is 32.1. The van der Waals surface area contributed by atoms with E-state index in [0.29, 0.717) is 0 Å². The highest BCUT2D eigenvalue weighted by molar-refractivity contribution is 7.80. The second-order valence-electron chi connectivity index (χ2n) is 1.75. The van der Waals surface area contributed by atoms with Crippen LogP contribution in [0.1, 0.15) is 0 Å². The monoisotopic (exact) mass is 151 g/mol. The van der Waals surface area contributed by atoms with Crippen molar-refractivity contribution in [2.45, 2.75) is 0 Å². The van der Waals surface area contributed by atoms with Crippen LogP contribution in [0.5, 0.6) is 0 Å². The summed E-state index contributed by atoms with van der Waals surface area (Å²) in [6.07, 6.45) is 0. The van der Waals surface area contributed by atoms with Gasteiger partial charge in [-0.1, -0.05) is 0 Å². The van der Waals surface area contributed by atoms with E-state index in [2.05, 4.69) is 37.2 Å². The van der Waals surface area contributed by atoms with Crippen LogP contribution in [-0.4, -0.2) is 36.5 Å². The summed E-state index contributed by atoms with van der Waals surface area (Å²) >= 11 is 8.17. The van der Waals surface area contributed by atoms with Gasteiger partial charge in [0.05, 0.1) is 0 Å². The van der Waals surface area contributed by atoms with E-state index < -0.39 is 0 Å². The SMILES string of the molecule is CN(CCS)CCS. The van der Waals surface area contributed by atoms with Crippen molar-refractivity contribution in [3.05, 3.63) is 0 Å². The molecule has 0 aliphatic rings. The highest BCUT2D eigenvalue weighted by Crippen LogP contribution is 1.84. The van der Waals surface area contributed by atoms with Gasteiger partial charge in [-0.15, -0.1) is 0 Å². The lowest BCUT2D eigenvalue weighted by atomic mass is 10.6. The minimum absolute atomic E-state index is 0.935. The van der Waals surface area contributed by atoms with Gasteiger partial charge in [0.1, 0.15) is 0 Å². The summed E-state index contributed by atoms with van der Waals surface area (Å²) in [6, 6.07) is 0. The van der Waals surface area contributed by atoms with E-state index >= 15 is 0 Å². The van der Waals surface area contributed by atoms with Crippen LogP contribution in [0.3, 0.4) is 0 Å². The summed E-state index contributed by atoms with van der Waals surface area (Å²) in [6.45, 7) is 2.12. The van der Waals surface area contributed by atoms with Gasteiger partial charge >= 0.3 is 0 Å². The van der Waals surface area contributed by atoms with E-state index in [1.54, 1.807) is 0 Å². The fraction of sp³-hybridized carbons (Fsp3) is 1.00. The Bertz CT molecular complexity index is 43.7. The molecule has 0 rings (SSSR count). The topological polar surface area (TPSA) is 3.24 Å². The van der Waals surface area contributed by atoms with Crippen molar-refractivity contribution in [1.29, 1.82) is 0 Å². The Morgan fingerprint density at radius 2 is 1.50 bits per heavy atom. The first-order valence-corrected chi connectivity index (χ1v) is 3.98. The fourth-order valence-corrected chi connectivity index (χ4v) is 1.14. The first-order valence-electron chi connectivity index (χ1n) is 2.71. The highest BCUT2D eigenvalue weighted by Gasteiger charge is 1.90. The van der Waals surface area contributed by atoms with Gasteiger partial charge < -0.3 is 4.90 Å². The molecule has 0 saturated carbocycles. The lowest BCUT2D eigenvalue weighted by Crippen LogP contribution is -2.22. The van der Waals surface area contributed by atoms with Crippen LogP contribution in [-0.2, 0) is 0 Å². The average Bonchev–Trinajstić information content (AvgIpc) is 1.68. The fourth-order valence-electron chi connectivity index (χ4n) is 0.453. The number of thiol groups is 2. The van der Waals surface area contributed by atoms with E-state index in [0.717, 1.165) is 24.6 Å². The number of rotatable bonds is 4. The Morgan fingerprint density at radius 3 is 1.75 bits per heavy atom. The second kappa shape index (κ2) is 5.79. The molecule has 50 valence electrons. The van der Waals surface area contributed by atoms with Gasteiger partial charge in [0.2, 0.25) is 0 Å². The summed E-state index contributed by atoms with van der Waals surface area (Å²) in [5.74, 6) is 1.87. The molecule has 0 aromatic rings. The maximum atomic E-state index is 4.09. The van der Waals surface area contributed by atoms with Crippen molar-refractivity contribution in [1.82, 2.24) is 4.90 Å². The van der Waals surface area contributed by atoms with Crippen molar-refractivity contribution < 1.29 is 0 Å². The molecule has 0 aliphatic carbocycles. The smallest absolute Gasteiger partial charge is 0.00671 e. The standard InChI is InChI=1S/C5H13NS2/c1-6(2-4-7)3-5-8/h7-8H,2-5H2,1H3. The van der Waals surface area contributed by atoms with Gasteiger partial charge in [0.25, 0.3) is 0 Å². The molecule has 0 fully saturated rings. The van der Waals surface area contributed by atoms with Crippen LogP contribution >= 0.6 is 25.3 Å². The maximum absolute atomic E-state index is 4.09. The first kappa shape index (κ1) is 8.66. The summed E-state index contributed by atoms with van der Waals surface area (Å²) < 4.78 is 0. The van der Waals surface area contributed by atoms with E-state index in [1.165, 1.54) is 0 Å². The van der Waals surface area contributed by atoms with Gasteiger partial charge in [-0.25, -0.2) is 0 Å². The Hall–Kier alpha value is 0.660. The molecule has 0 atom stereocenters. The minimum Gasteiger partial charge on any atom is -0.305 e. The van der Waals surface area contributed by atoms with Crippen LogP contribution < -0.4 is 0 Å². The Balaban J connectivity index is 2.92. The Kier molecular flexibility index (Phi) is 6.27. The molecule has 0 aliphatic heterocycles. The quantitative estimate of drug-likeness (QED) is 0.562. The predicted molar refractivity (Wildman–Crippen MR) is 45.2 cm³/mol. The van der Waals surface area contributed by atoms with Crippen LogP contribution in [0.25, 0.3) is 0 Å². The zero-order chi connectivity index (χ0) is 6.41. The van der Waals surface area contributed by atoms with Crippen molar-refractivity contribution >= 4 is 25.3 Å². The third-order valence-corrected chi connectivity index (χ3v) is 1.36. The van der Waals surface area contributed by atoms with E-state index in [4.69, 9.17) is 0 Å². The molecule has 0 spiro atoms. The molecule has 0 aromatic carbocycles. The summed E-state index contributed by atoms with van der Waals surface area (Å²) in [7, 11) is 2.08. The second-order valence-corrected chi connectivity index (χ2v) is 2.64. The minimum atomic E-state index is 0.935. The van der Waals surface area contributed by atoms with Crippen LogP contribution in [0.15, 0.2) is 0 Å². The molecule has 0 radical (unpaired) electrons. The Morgan fingerprint density at radius 1 is 1.12 bits per heavy atom. The van der Waals surface area contributed by atoms with Crippen molar-refractivity contribution in [2.75, 3.05) is 31.6 Å². The Labute approximate surface area is 62.3 Å². The summed E-state index contributed by atoms with van der Waals surface area (Å²) in [5.41, 5.74) is 0. The van der Waals surface area contributed by atoms with Gasteiger partial charge in [0, 0.05) is 24.6 Å². The van der Waals surface area contributed by atoms with Gasteiger partial charge in [0.15, 0.2) is 0 Å². The van der Waals surface area contributed by atoms with Crippen LogP contribution in [0.4, 0.5) is 0 Å². The molecule has 0 unspecified atom stereocenters. The van der Waals surface area contributed by atoms with Crippen molar-refractivity contribution in [3.63, 3.8) is 0 Å². The normalized spacial score (nSPS) is 10.5. The average molecular weight is 151 g/mol. The number of hydrogen-bond donors (Lipinski definition) is 2. The maximum Gasteiger partial charge on any atom is 0.00671 e. The molecule has 0 bridgehead atoms. The lowest BCUT2D eigenvalue weighted by molar-refractivity contribution is 0.380. The third-order valence-electron chi connectivity index (χ3n) is 0.963. The molecule has 0 amide bonds. The molecule has 8 heavy (non-hydrogen) atoms. The lowest BCUT2D eigenvalue weighted by Gasteiger charge is -2.11. The molecule has 1 nitrogen and oxygen atoms in total. The first-order chi connectivity index (χ1) is 3.81. The predicted octanol–water partition coefficient (Wildman–Crippen LogP) is 0.778. The van der Waals surface area contributed by atoms with Gasteiger partial charge in [-0.05, 0) is 7.05 Å². The molecule has 0 saturated heterocycles. The number of hydrogen-bond acceptors (Lipinski definition) is 3. The summed E-state index contributed by atoms with van der Waals surface area (Å²) in [4.78, 5) is 2.21. The molecular formula is C5H13NS2. The van der Waals surface area contributed by atoms with E-state index in [-0.39, 0.29) is 0 Å². The largest absolute Gasteiger partial charge is 0.305 e. The van der Waals surface area contributed by atoms with E-state index in [1.807, 2.05) is 0 Å². The van der Waals surface area contributed by atoms with E-state index in [9.17, 15) is 0 Å².